The van der Waals surface area contributed by atoms with Crippen molar-refractivity contribution in [1.29, 1.82) is 0 Å². The number of hydrogen-bond acceptors (Lipinski definition) is 5. The minimum Gasteiger partial charge on any atom is -0.410 e. The number of amides is 2. The van der Waals surface area contributed by atoms with Crippen LogP contribution < -0.4 is 9.64 Å². The Morgan fingerprint density at radius 2 is 1.73 bits per heavy atom. The first-order valence-corrected chi connectivity index (χ1v) is 14.6. The van der Waals surface area contributed by atoms with Gasteiger partial charge in [-0.3, -0.25) is 4.79 Å². The van der Waals surface area contributed by atoms with Crippen LogP contribution in [0, 0.1) is 17.6 Å². The van der Waals surface area contributed by atoms with Crippen LogP contribution in [-0.4, -0.2) is 65.5 Å². The van der Waals surface area contributed by atoms with Gasteiger partial charge in [0.15, 0.2) is 0 Å². The first-order chi connectivity index (χ1) is 20.9. The van der Waals surface area contributed by atoms with Crippen LogP contribution in [0.3, 0.4) is 0 Å². The molecule has 13 heteroatoms. The average Bonchev–Trinajstić information content (AvgIpc) is 3.44. The van der Waals surface area contributed by atoms with Crippen molar-refractivity contribution in [3.05, 3.63) is 88.6 Å². The van der Waals surface area contributed by atoms with Gasteiger partial charge in [0, 0.05) is 50.8 Å². The lowest BCUT2D eigenvalue weighted by Crippen LogP contribution is -2.47. The summed E-state index contributed by atoms with van der Waals surface area (Å²) in [6.07, 6.45) is -3.42. The third-order valence-corrected chi connectivity index (χ3v) is 8.52. The second-order valence-corrected chi connectivity index (χ2v) is 11.3. The molecule has 1 aromatic heterocycles. The molecule has 0 bridgehead atoms. The Bertz CT molecular complexity index is 1480. The lowest BCUT2D eigenvalue weighted by Gasteiger charge is -2.34. The average molecular weight is 637 g/mol. The molecule has 0 aliphatic carbocycles. The molecule has 5 rings (SSSR count). The summed E-state index contributed by atoms with van der Waals surface area (Å²) in [6.45, 7) is 3.27. The monoisotopic (exact) mass is 636 g/mol. The zero-order valence-corrected chi connectivity index (χ0v) is 24.5. The smallest absolute Gasteiger partial charge is 0.410 e. The highest BCUT2D eigenvalue weighted by molar-refractivity contribution is 6.30. The molecule has 0 spiro atoms. The summed E-state index contributed by atoms with van der Waals surface area (Å²) < 4.78 is 72.1. The van der Waals surface area contributed by atoms with E-state index in [1.165, 1.54) is 47.4 Å². The van der Waals surface area contributed by atoms with Gasteiger partial charge in [0.1, 0.15) is 23.2 Å². The predicted molar refractivity (Wildman–Crippen MR) is 153 cm³/mol. The molecular weight excluding hydrogens is 607 g/mol. The Labute approximate surface area is 256 Å². The molecular formula is C31H30ClF5N4O3. The molecule has 0 saturated carbocycles. The van der Waals surface area contributed by atoms with Gasteiger partial charge < -0.3 is 19.4 Å². The van der Waals surface area contributed by atoms with Gasteiger partial charge in [-0.1, -0.05) is 17.7 Å². The number of likely N-dealkylation sites (tertiary alicyclic amines) is 1. The Kier molecular flexibility index (Phi) is 9.28. The number of benzene rings is 2. The van der Waals surface area contributed by atoms with Gasteiger partial charge in [0.2, 0.25) is 5.91 Å². The number of pyridine rings is 1. The van der Waals surface area contributed by atoms with Crippen molar-refractivity contribution in [3.63, 3.8) is 0 Å². The number of likely N-dealkylation sites (N-methyl/N-ethyl adjacent to an activating group) is 1. The number of carbonyl (C=O) groups is 2. The summed E-state index contributed by atoms with van der Waals surface area (Å²) in [5.41, 5.74) is -0.254. The number of carbonyl (C=O) groups excluding carboxylic acids is 2. The van der Waals surface area contributed by atoms with Crippen LogP contribution in [0.2, 0.25) is 5.02 Å². The number of hydrogen-bond donors (Lipinski definition) is 0. The molecule has 2 aromatic carbocycles. The Balaban J connectivity index is 1.30. The summed E-state index contributed by atoms with van der Waals surface area (Å²) in [7, 11) is 0. The summed E-state index contributed by atoms with van der Waals surface area (Å²) in [5, 5.41) is -0.0476. The molecule has 2 unspecified atom stereocenters. The summed E-state index contributed by atoms with van der Waals surface area (Å²) in [5.74, 6) is -1.43. The Morgan fingerprint density at radius 1 is 1.02 bits per heavy atom. The number of rotatable bonds is 6. The van der Waals surface area contributed by atoms with E-state index in [1.54, 1.807) is 17.9 Å². The largest absolute Gasteiger partial charge is 0.417 e. The third-order valence-electron chi connectivity index (χ3n) is 8.21. The van der Waals surface area contributed by atoms with Gasteiger partial charge in [-0.15, -0.1) is 0 Å². The van der Waals surface area contributed by atoms with E-state index >= 15 is 0 Å². The number of ether oxygens (including phenoxy) is 1. The van der Waals surface area contributed by atoms with Gasteiger partial charge in [-0.05, 0) is 73.9 Å². The molecule has 2 fully saturated rings. The summed E-state index contributed by atoms with van der Waals surface area (Å²) in [6, 6.07) is 11.2. The second kappa shape index (κ2) is 13.0. The van der Waals surface area contributed by atoms with Gasteiger partial charge >= 0.3 is 12.3 Å². The van der Waals surface area contributed by atoms with E-state index in [4.69, 9.17) is 16.3 Å². The van der Waals surface area contributed by atoms with Crippen molar-refractivity contribution in [2.75, 3.05) is 37.6 Å². The third kappa shape index (κ3) is 6.90. The fourth-order valence-electron chi connectivity index (χ4n) is 5.87. The maximum absolute atomic E-state index is 14.5. The maximum Gasteiger partial charge on any atom is 0.417 e. The van der Waals surface area contributed by atoms with Crippen molar-refractivity contribution >= 4 is 29.4 Å². The maximum atomic E-state index is 14.5. The zero-order chi connectivity index (χ0) is 31.6. The van der Waals surface area contributed by atoms with E-state index in [2.05, 4.69) is 4.98 Å². The quantitative estimate of drug-likeness (QED) is 0.280. The van der Waals surface area contributed by atoms with Gasteiger partial charge in [-0.25, -0.2) is 18.6 Å². The first kappa shape index (κ1) is 31.5. The lowest BCUT2D eigenvalue weighted by atomic mass is 9.93. The van der Waals surface area contributed by atoms with Gasteiger partial charge in [0.25, 0.3) is 0 Å². The minimum atomic E-state index is -4.47. The SMILES string of the molecule is CCN(C(=O)Oc1ccc(F)cc1)C1CN(C(=O)C2CCN(c3ccc(C(F)(F)F)cn3)CC2)CC1c1ccc(Cl)c(F)c1. The van der Waals surface area contributed by atoms with Crippen molar-refractivity contribution in [2.45, 2.75) is 37.9 Å². The number of nitrogens with zero attached hydrogens (tertiary/aromatic N) is 4. The molecule has 0 N–H and O–H groups in total. The topological polar surface area (TPSA) is 66.0 Å². The van der Waals surface area contributed by atoms with E-state index in [0.717, 1.165) is 12.3 Å². The van der Waals surface area contributed by atoms with Crippen LogP contribution in [0.25, 0.3) is 0 Å². The molecule has 2 atom stereocenters. The molecule has 2 aliphatic heterocycles. The van der Waals surface area contributed by atoms with Crippen LogP contribution in [0.4, 0.5) is 32.6 Å². The molecule has 2 aliphatic rings. The van der Waals surface area contributed by atoms with Gasteiger partial charge in [0.05, 0.1) is 16.6 Å². The standard InChI is InChI=1S/C31H30ClF5N4O3/c1-2-41(30(43)44-23-7-5-22(33)6-8-23)27-18-40(17-24(27)20-3-9-25(32)26(34)15-20)29(42)19-11-13-39(14-12-19)28-10-4-21(16-38-28)31(35,36)37/h3-10,15-16,19,24,27H,2,11-14,17-18H2,1H3. The molecule has 2 saturated heterocycles. The van der Waals surface area contributed by atoms with Crippen LogP contribution in [0.5, 0.6) is 5.75 Å². The molecule has 0 radical (unpaired) electrons. The molecule has 234 valence electrons. The van der Waals surface area contributed by atoms with Crippen LogP contribution in [0.15, 0.2) is 60.8 Å². The van der Waals surface area contributed by atoms with Crippen molar-refractivity contribution in [3.8, 4) is 5.75 Å². The summed E-state index contributed by atoms with van der Waals surface area (Å²) in [4.78, 5) is 36.0. The number of alkyl halides is 3. The lowest BCUT2D eigenvalue weighted by molar-refractivity contribution is -0.138. The number of piperidine rings is 1. The van der Waals surface area contributed by atoms with Crippen LogP contribution in [-0.2, 0) is 11.0 Å². The van der Waals surface area contributed by atoms with E-state index in [1.807, 2.05) is 4.90 Å². The van der Waals surface area contributed by atoms with Crippen molar-refractivity contribution in [2.24, 2.45) is 5.92 Å². The normalized spacial score (nSPS) is 19.2. The first-order valence-electron chi connectivity index (χ1n) is 14.2. The highest BCUT2D eigenvalue weighted by Gasteiger charge is 2.43. The predicted octanol–water partition coefficient (Wildman–Crippen LogP) is 6.76. The number of halogens is 6. The number of aromatic nitrogens is 1. The molecule has 2 amide bonds. The van der Waals surface area contributed by atoms with E-state index in [-0.39, 0.29) is 42.2 Å². The Hall–Kier alpha value is -3.93. The van der Waals surface area contributed by atoms with Crippen LogP contribution >= 0.6 is 11.6 Å². The summed E-state index contributed by atoms with van der Waals surface area (Å²) >= 11 is 5.92. The fourth-order valence-corrected chi connectivity index (χ4v) is 5.99. The minimum absolute atomic E-state index is 0.0476. The number of anilines is 1. The van der Waals surface area contributed by atoms with E-state index < -0.39 is 41.4 Å². The van der Waals surface area contributed by atoms with Crippen molar-refractivity contribution in [1.82, 2.24) is 14.8 Å². The Morgan fingerprint density at radius 3 is 2.32 bits per heavy atom. The van der Waals surface area contributed by atoms with Crippen LogP contribution in [0.1, 0.15) is 36.8 Å². The second-order valence-electron chi connectivity index (χ2n) is 10.9. The zero-order valence-electron chi connectivity index (χ0n) is 23.7. The van der Waals surface area contributed by atoms with E-state index in [0.29, 0.717) is 37.3 Å². The molecule has 44 heavy (non-hydrogen) atoms. The molecule has 3 aromatic rings. The van der Waals surface area contributed by atoms with E-state index in [9.17, 15) is 31.5 Å². The highest BCUT2D eigenvalue weighted by atomic mass is 35.5. The highest BCUT2D eigenvalue weighted by Crippen LogP contribution is 2.36. The van der Waals surface area contributed by atoms with Gasteiger partial charge in [-0.2, -0.15) is 13.2 Å². The fraction of sp³-hybridized carbons (Fsp3) is 0.387. The molecule has 7 nitrogen and oxygen atoms in total. The molecule has 3 heterocycles. The van der Waals surface area contributed by atoms with Crippen molar-refractivity contribution < 1.29 is 36.3 Å².